The van der Waals surface area contributed by atoms with Crippen LogP contribution in [0.25, 0.3) is 0 Å². The molecule has 2 bridgehead atoms. The summed E-state index contributed by atoms with van der Waals surface area (Å²) < 4.78 is 23.1. The van der Waals surface area contributed by atoms with Gasteiger partial charge in [0.15, 0.2) is 17.6 Å². The van der Waals surface area contributed by atoms with Crippen molar-refractivity contribution in [3.8, 4) is 28.7 Å². The van der Waals surface area contributed by atoms with E-state index in [4.69, 9.17) is 18.9 Å². The van der Waals surface area contributed by atoms with Gasteiger partial charge in [0.05, 0.1) is 18.3 Å². The molecular weight excluding hydrogens is 412 g/mol. The number of hydrogen-bond acceptors (Lipinski definition) is 10. The molecule has 4 aliphatic rings. The van der Waals surface area contributed by atoms with Crippen molar-refractivity contribution in [1.82, 2.24) is 0 Å². The standard InChI is InChI=1S/C21H20O10/c1-19-20(26)16-14(30-21(20,27)15(31-19)7-28-19)6-11(23)9-5-13(25)17(29-18(9)16)8-2-3-10(22)12(24)4-8/h2-4,6,13,15,17,22-27H,5,7H2,1H3/t13-,15+,17+,19+,20+,21+/m1/s1. The Bertz CT molecular complexity index is 1130. The van der Waals surface area contributed by atoms with E-state index >= 15 is 0 Å². The van der Waals surface area contributed by atoms with E-state index in [-0.39, 0.29) is 52.9 Å². The molecule has 4 aliphatic heterocycles. The van der Waals surface area contributed by atoms with Crippen molar-refractivity contribution in [1.29, 1.82) is 0 Å². The van der Waals surface area contributed by atoms with Crippen molar-refractivity contribution in [3.63, 3.8) is 0 Å². The van der Waals surface area contributed by atoms with Crippen LogP contribution in [0.5, 0.6) is 28.7 Å². The molecule has 0 unspecified atom stereocenters. The van der Waals surface area contributed by atoms with Crippen LogP contribution in [0.3, 0.4) is 0 Å². The minimum Gasteiger partial charge on any atom is -0.507 e. The van der Waals surface area contributed by atoms with E-state index in [1.165, 1.54) is 31.2 Å². The van der Waals surface area contributed by atoms with Gasteiger partial charge in [-0.05, 0) is 24.6 Å². The van der Waals surface area contributed by atoms with Crippen LogP contribution in [0.1, 0.15) is 29.7 Å². The van der Waals surface area contributed by atoms with Crippen LogP contribution >= 0.6 is 0 Å². The Labute approximate surface area is 175 Å². The van der Waals surface area contributed by atoms with E-state index in [0.29, 0.717) is 5.56 Å². The maximum absolute atomic E-state index is 11.7. The fourth-order valence-corrected chi connectivity index (χ4v) is 5.17. The van der Waals surface area contributed by atoms with Gasteiger partial charge in [-0.15, -0.1) is 0 Å². The number of aliphatic hydroxyl groups excluding tert-OH is 1. The molecular formula is C21H20O10. The number of ether oxygens (including phenoxy) is 4. The van der Waals surface area contributed by atoms with E-state index in [0.717, 1.165) is 0 Å². The van der Waals surface area contributed by atoms with Crippen LogP contribution in [-0.4, -0.2) is 61.0 Å². The van der Waals surface area contributed by atoms with Crippen LogP contribution in [0.15, 0.2) is 24.3 Å². The van der Waals surface area contributed by atoms with Gasteiger partial charge < -0.3 is 49.6 Å². The van der Waals surface area contributed by atoms with Crippen LogP contribution < -0.4 is 9.47 Å². The lowest BCUT2D eigenvalue weighted by molar-refractivity contribution is -0.313. The zero-order valence-electron chi connectivity index (χ0n) is 16.3. The predicted octanol–water partition coefficient (Wildman–Crippen LogP) is 0.254. The minimum atomic E-state index is -2.17. The molecule has 2 fully saturated rings. The number of aromatic hydroxyl groups is 3. The lowest BCUT2D eigenvalue weighted by Crippen LogP contribution is -2.64. The molecule has 2 saturated heterocycles. The first-order valence-corrected chi connectivity index (χ1v) is 9.80. The third-order valence-electron chi connectivity index (χ3n) is 6.78. The highest BCUT2D eigenvalue weighted by Gasteiger charge is 2.83. The lowest BCUT2D eigenvalue weighted by Gasteiger charge is -2.42. The zero-order chi connectivity index (χ0) is 21.9. The number of phenols is 3. The van der Waals surface area contributed by atoms with Gasteiger partial charge in [0.2, 0.25) is 11.4 Å². The zero-order valence-corrected chi connectivity index (χ0v) is 16.3. The predicted molar refractivity (Wildman–Crippen MR) is 99.7 cm³/mol. The van der Waals surface area contributed by atoms with Gasteiger partial charge in [0, 0.05) is 18.1 Å². The van der Waals surface area contributed by atoms with Gasteiger partial charge in [0.25, 0.3) is 5.79 Å². The van der Waals surface area contributed by atoms with Crippen LogP contribution in [0, 0.1) is 0 Å². The molecule has 2 aromatic rings. The monoisotopic (exact) mass is 432 g/mol. The quantitative estimate of drug-likeness (QED) is 0.345. The Morgan fingerprint density at radius 3 is 2.55 bits per heavy atom. The Hall–Kier alpha value is -2.76. The number of fused-ring (bicyclic) bond motifs is 9. The summed E-state index contributed by atoms with van der Waals surface area (Å²) in [5.41, 5.74) is -1.54. The first kappa shape index (κ1) is 19.0. The highest BCUT2D eigenvalue weighted by molar-refractivity contribution is 5.64. The number of phenolic OH excluding ortho intramolecular Hbond substituents is 3. The van der Waals surface area contributed by atoms with Crippen molar-refractivity contribution in [2.45, 2.75) is 48.8 Å². The Morgan fingerprint density at radius 1 is 1.03 bits per heavy atom. The average Bonchev–Trinajstić information content (AvgIpc) is 3.28. The molecule has 10 nitrogen and oxygen atoms in total. The molecule has 0 saturated carbocycles. The number of rotatable bonds is 1. The summed E-state index contributed by atoms with van der Waals surface area (Å²) in [5, 5.41) is 63.6. The van der Waals surface area contributed by atoms with Crippen molar-refractivity contribution in [2.75, 3.05) is 6.61 Å². The normalized spacial score (nSPS) is 39.4. The lowest BCUT2D eigenvalue weighted by atomic mass is 9.77. The van der Waals surface area contributed by atoms with Crippen molar-refractivity contribution in [3.05, 3.63) is 41.0 Å². The van der Waals surface area contributed by atoms with Crippen molar-refractivity contribution in [2.24, 2.45) is 0 Å². The second-order valence-electron chi connectivity index (χ2n) is 8.51. The summed E-state index contributed by atoms with van der Waals surface area (Å²) in [4.78, 5) is 0. The summed E-state index contributed by atoms with van der Waals surface area (Å²) in [6.07, 6.45) is -3.13. The van der Waals surface area contributed by atoms with Gasteiger partial charge in [-0.3, -0.25) is 0 Å². The Morgan fingerprint density at radius 2 is 1.81 bits per heavy atom. The topological polar surface area (TPSA) is 158 Å². The van der Waals surface area contributed by atoms with E-state index < -0.39 is 35.5 Å². The van der Waals surface area contributed by atoms with E-state index in [2.05, 4.69) is 0 Å². The highest BCUT2D eigenvalue weighted by Crippen LogP contribution is 2.67. The van der Waals surface area contributed by atoms with Gasteiger partial charge in [-0.2, -0.15) is 0 Å². The molecule has 4 heterocycles. The molecule has 31 heavy (non-hydrogen) atoms. The fraction of sp³-hybridized carbons (Fsp3) is 0.429. The number of hydrogen-bond donors (Lipinski definition) is 6. The molecule has 0 aromatic heterocycles. The second kappa shape index (κ2) is 5.53. The maximum Gasteiger partial charge on any atom is 0.276 e. The molecule has 2 aromatic carbocycles. The summed E-state index contributed by atoms with van der Waals surface area (Å²) in [6, 6.07) is 5.25. The number of benzene rings is 2. The SMILES string of the molecule is C[C@]12OC[C@H](O1)[C@]1(O)Oc3cc(O)c4c(c3[C@]21O)O[C@@H](c1ccc(O)c(O)c1)[C@H](O)C4. The van der Waals surface area contributed by atoms with Crippen molar-refractivity contribution < 1.29 is 49.6 Å². The van der Waals surface area contributed by atoms with Crippen molar-refractivity contribution >= 4 is 0 Å². The van der Waals surface area contributed by atoms with E-state index in [9.17, 15) is 30.6 Å². The number of aliphatic hydroxyl groups is 3. The molecule has 6 atom stereocenters. The van der Waals surface area contributed by atoms with E-state index in [1.54, 1.807) is 0 Å². The van der Waals surface area contributed by atoms with Crippen LogP contribution in [0.2, 0.25) is 0 Å². The van der Waals surface area contributed by atoms with Gasteiger partial charge in [0.1, 0.15) is 23.4 Å². The summed E-state index contributed by atoms with van der Waals surface area (Å²) in [6.45, 7) is 1.49. The molecule has 0 spiro atoms. The summed E-state index contributed by atoms with van der Waals surface area (Å²) in [5.74, 6) is -4.70. The summed E-state index contributed by atoms with van der Waals surface area (Å²) in [7, 11) is 0. The van der Waals surface area contributed by atoms with Crippen LogP contribution in [-0.2, 0) is 21.5 Å². The Kier molecular flexibility index (Phi) is 3.38. The van der Waals surface area contributed by atoms with E-state index in [1.807, 2.05) is 0 Å². The average molecular weight is 432 g/mol. The molecule has 164 valence electrons. The molecule has 0 amide bonds. The van der Waals surface area contributed by atoms with Crippen LogP contribution in [0.4, 0.5) is 0 Å². The maximum atomic E-state index is 11.7. The Balaban J connectivity index is 1.53. The molecule has 0 aliphatic carbocycles. The third kappa shape index (κ3) is 2.04. The molecule has 6 rings (SSSR count). The first-order valence-electron chi connectivity index (χ1n) is 9.80. The molecule has 0 radical (unpaired) electrons. The summed E-state index contributed by atoms with van der Waals surface area (Å²) >= 11 is 0. The van der Waals surface area contributed by atoms with Gasteiger partial charge in [-0.25, -0.2) is 0 Å². The third-order valence-corrected chi connectivity index (χ3v) is 6.78. The first-order chi connectivity index (χ1) is 14.6. The largest absolute Gasteiger partial charge is 0.507 e. The highest BCUT2D eigenvalue weighted by atomic mass is 16.8. The molecule has 10 heteroatoms. The second-order valence-corrected chi connectivity index (χ2v) is 8.51. The molecule has 6 N–H and O–H groups in total. The smallest absolute Gasteiger partial charge is 0.276 e. The fourth-order valence-electron chi connectivity index (χ4n) is 5.17. The van der Waals surface area contributed by atoms with Gasteiger partial charge in [-0.1, -0.05) is 6.07 Å². The minimum absolute atomic E-state index is 0.00640. The van der Waals surface area contributed by atoms with Gasteiger partial charge >= 0.3 is 0 Å².